The highest BCUT2D eigenvalue weighted by molar-refractivity contribution is 5.89. The van der Waals surface area contributed by atoms with Gasteiger partial charge in [-0.2, -0.15) is 0 Å². The van der Waals surface area contributed by atoms with Gasteiger partial charge in [0.25, 0.3) is 0 Å². The van der Waals surface area contributed by atoms with Gasteiger partial charge in [0.1, 0.15) is 11.6 Å². The van der Waals surface area contributed by atoms with Gasteiger partial charge in [-0.1, -0.05) is 6.07 Å². The molecule has 0 bridgehead atoms. The zero-order valence-corrected chi connectivity index (χ0v) is 11.6. The molecule has 2 rings (SSSR count). The fourth-order valence-corrected chi connectivity index (χ4v) is 1.91. The molecule has 5 nitrogen and oxygen atoms in total. The Balaban J connectivity index is 2.35. The summed E-state index contributed by atoms with van der Waals surface area (Å²) in [4.78, 5) is 17.2. The number of anilines is 2. The van der Waals surface area contributed by atoms with Gasteiger partial charge in [-0.05, 0) is 31.2 Å². The molecule has 2 aromatic rings. The first-order valence-electron chi connectivity index (χ1n) is 6.11. The third-order valence-corrected chi connectivity index (χ3v) is 3.09. The van der Waals surface area contributed by atoms with E-state index >= 15 is 0 Å². The molecule has 0 aliphatic carbocycles. The number of nitrogens with zero attached hydrogens (tertiary/aromatic N) is 2. The summed E-state index contributed by atoms with van der Waals surface area (Å²) in [5, 5.41) is 9.01. The van der Waals surface area contributed by atoms with Crippen LogP contribution >= 0.6 is 0 Å². The Morgan fingerprint density at radius 2 is 2.05 bits per heavy atom. The minimum absolute atomic E-state index is 0.216. The molecule has 1 N–H and O–H groups in total. The molecule has 0 aliphatic heterocycles. The van der Waals surface area contributed by atoms with Crippen LogP contribution in [0.1, 0.15) is 16.1 Å². The van der Waals surface area contributed by atoms with Crippen molar-refractivity contribution in [1.82, 2.24) is 4.98 Å². The number of carbonyl (C=O) groups is 1. The van der Waals surface area contributed by atoms with Gasteiger partial charge in [0.2, 0.25) is 0 Å². The maximum Gasteiger partial charge on any atom is 0.337 e. The minimum atomic E-state index is -0.967. The molecule has 0 atom stereocenters. The molecule has 104 valence electrons. The Morgan fingerprint density at radius 1 is 1.30 bits per heavy atom. The first-order valence-corrected chi connectivity index (χ1v) is 6.11. The van der Waals surface area contributed by atoms with E-state index in [9.17, 15) is 4.79 Å². The summed E-state index contributed by atoms with van der Waals surface area (Å²) >= 11 is 0. The number of aryl methyl sites for hydroxylation is 1. The Hall–Kier alpha value is -2.56. The second-order valence-electron chi connectivity index (χ2n) is 4.37. The van der Waals surface area contributed by atoms with Crippen molar-refractivity contribution in [3.05, 3.63) is 47.7 Å². The van der Waals surface area contributed by atoms with Crippen molar-refractivity contribution < 1.29 is 14.6 Å². The third-order valence-electron chi connectivity index (χ3n) is 3.09. The summed E-state index contributed by atoms with van der Waals surface area (Å²) in [5.41, 5.74) is 1.62. The number of hydrogen-bond donors (Lipinski definition) is 1. The van der Waals surface area contributed by atoms with E-state index in [2.05, 4.69) is 4.98 Å². The van der Waals surface area contributed by atoms with Crippen molar-refractivity contribution in [3.8, 4) is 5.75 Å². The number of carboxylic acid groups (broad SMARTS) is 1. The third kappa shape index (κ3) is 2.71. The number of pyridine rings is 1. The van der Waals surface area contributed by atoms with Crippen LogP contribution in [0.2, 0.25) is 0 Å². The lowest BCUT2D eigenvalue weighted by Gasteiger charge is -2.19. The molecule has 5 heteroatoms. The molecule has 0 fully saturated rings. The van der Waals surface area contributed by atoms with Crippen LogP contribution in [0.4, 0.5) is 11.5 Å². The molecule has 0 saturated carbocycles. The monoisotopic (exact) mass is 272 g/mol. The maximum atomic E-state index is 11.0. The van der Waals surface area contributed by atoms with Gasteiger partial charge in [-0.15, -0.1) is 0 Å². The molecule has 0 saturated heterocycles. The highest BCUT2D eigenvalue weighted by Gasteiger charge is 2.12. The summed E-state index contributed by atoms with van der Waals surface area (Å²) in [7, 11) is 3.49. The average molecular weight is 272 g/mol. The van der Waals surface area contributed by atoms with Crippen LogP contribution in [-0.4, -0.2) is 30.2 Å². The Morgan fingerprint density at radius 3 is 2.65 bits per heavy atom. The van der Waals surface area contributed by atoms with Gasteiger partial charge in [-0.3, -0.25) is 0 Å². The van der Waals surface area contributed by atoms with Crippen LogP contribution in [0, 0.1) is 6.92 Å². The summed E-state index contributed by atoms with van der Waals surface area (Å²) in [5.74, 6) is 0.472. The first-order chi connectivity index (χ1) is 9.52. The van der Waals surface area contributed by atoms with Crippen molar-refractivity contribution in [2.75, 3.05) is 19.1 Å². The van der Waals surface area contributed by atoms with Crippen molar-refractivity contribution >= 4 is 17.5 Å². The Bertz CT molecular complexity index is 641. The van der Waals surface area contributed by atoms with Gasteiger partial charge >= 0.3 is 5.97 Å². The molecular formula is C15H16N2O3. The van der Waals surface area contributed by atoms with Gasteiger partial charge in [0, 0.05) is 18.8 Å². The van der Waals surface area contributed by atoms with E-state index in [-0.39, 0.29) is 5.56 Å². The van der Waals surface area contributed by atoms with Crippen molar-refractivity contribution in [1.29, 1.82) is 0 Å². The Kier molecular flexibility index (Phi) is 3.89. The summed E-state index contributed by atoms with van der Waals surface area (Å²) < 4.78 is 5.19. The number of benzene rings is 1. The van der Waals surface area contributed by atoms with E-state index in [0.29, 0.717) is 11.5 Å². The molecule has 0 amide bonds. The Labute approximate surface area is 117 Å². The molecule has 1 aromatic heterocycles. The number of ether oxygens (including phenoxy) is 1. The van der Waals surface area contributed by atoms with Gasteiger partial charge in [-0.25, -0.2) is 9.78 Å². The first kappa shape index (κ1) is 13.9. The van der Waals surface area contributed by atoms with Crippen LogP contribution in [0.25, 0.3) is 0 Å². The number of methoxy groups -OCH3 is 1. The summed E-state index contributed by atoms with van der Waals surface area (Å²) in [6.07, 6.45) is 0. The van der Waals surface area contributed by atoms with Gasteiger partial charge in [0.05, 0.1) is 18.4 Å². The van der Waals surface area contributed by atoms with Crippen molar-refractivity contribution in [2.24, 2.45) is 0 Å². The smallest absolute Gasteiger partial charge is 0.337 e. The van der Waals surface area contributed by atoms with Crippen molar-refractivity contribution in [3.63, 3.8) is 0 Å². The maximum absolute atomic E-state index is 11.0. The molecular weight excluding hydrogens is 256 g/mol. The number of carboxylic acids is 1. The lowest BCUT2D eigenvalue weighted by Crippen LogP contribution is -2.13. The fraction of sp³-hybridized carbons (Fsp3) is 0.200. The van der Waals surface area contributed by atoms with Crippen LogP contribution in [-0.2, 0) is 0 Å². The van der Waals surface area contributed by atoms with E-state index in [1.807, 2.05) is 36.2 Å². The SMILES string of the molecule is COc1cccc(N(C)c2ccc(C(=O)O)c(C)n2)c1. The number of hydrogen-bond acceptors (Lipinski definition) is 4. The topological polar surface area (TPSA) is 62.7 Å². The number of rotatable bonds is 4. The largest absolute Gasteiger partial charge is 0.497 e. The van der Waals surface area contributed by atoms with Crippen LogP contribution < -0.4 is 9.64 Å². The highest BCUT2D eigenvalue weighted by Crippen LogP contribution is 2.26. The standard InChI is InChI=1S/C15H16N2O3/c1-10-13(15(18)19)7-8-14(16-10)17(2)11-5-4-6-12(9-11)20-3/h4-9H,1-3H3,(H,18,19). The van der Waals surface area contributed by atoms with E-state index in [0.717, 1.165) is 11.4 Å². The minimum Gasteiger partial charge on any atom is -0.497 e. The van der Waals surface area contributed by atoms with E-state index in [1.165, 1.54) is 0 Å². The van der Waals surface area contributed by atoms with Crippen LogP contribution in [0.3, 0.4) is 0 Å². The molecule has 20 heavy (non-hydrogen) atoms. The second kappa shape index (κ2) is 5.61. The van der Waals surface area contributed by atoms with Gasteiger partial charge < -0.3 is 14.7 Å². The van der Waals surface area contributed by atoms with Crippen molar-refractivity contribution in [2.45, 2.75) is 6.92 Å². The molecule has 1 aromatic carbocycles. The lowest BCUT2D eigenvalue weighted by atomic mass is 10.2. The highest BCUT2D eigenvalue weighted by atomic mass is 16.5. The van der Waals surface area contributed by atoms with Crippen LogP contribution in [0.15, 0.2) is 36.4 Å². The van der Waals surface area contributed by atoms with E-state index < -0.39 is 5.97 Å². The van der Waals surface area contributed by atoms with Gasteiger partial charge in [0.15, 0.2) is 0 Å². The average Bonchev–Trinajstić information content (AvgIpc) is 2.46. The zero-order chi connectivity index (χ0) is 14.7. The second-order valence-corrected chi connectivity index (χ2v) is 4.37. The molecule has 1 heterocycles. The predicted octanol–water partition coefficient (Wildman–Crippen LogP) is 2.86. The van der Waals surface area contributed by atoms with Crippen LogP contribution in [0.5, 0.6) is 5.75 Å². The molecule has 0 spiro atoms. The summed E-state index contributed by atoms with van der Waals surface area (Å²) in [6.45, 7) is 1.69. The molecule has 0 unspecified atom stereocenters. The van der Waals surface area contributed by atoms with E-state index in [4.69, 9.17) is 9.84 Å². The molecule has 0 aliphatic rings. The summed E-state index contributed by atoms with van der Waals surface area (Å²) in [6, 6.07) is 10.8. The zero-order valence-electron chi connectivity index (χ0n) is 11.6. The lowest BCUT2D eigenvalue weighted by molar-refractivity contribution is 0.0695. The fourth-order valence-electron chi connectivity index (χ4n) is 1.91. The molecule has 0 radical (unpaired) electrons. The van der Waals surface area contributed by atoms with E-state index in [1.54, 1.807) is 26.2 Å². The number of aromatic carboxylic acids is 1. The normalized spacial score (nSPS) is 10.2. The quantitative estimate of drug-likeness (QED) is 0.927. The number of aromatic nitrogens is 1. The predicted molar refractivity (Wildman–Crippen MR) is 77.0 cm³/mol.